The number of carbonyl (C=O) groups is 2. The molecule has 5 rings (SSSR count). The van der Waals surface area contributed by atoms with Crippen LogP contribution in [-0.4, -0.2) is 46.1 Å². The third-order valence-electron chi connectivity index (χ3n) is 6.32. The number of benzene rings is 2. The van der Waals surface area contributed by atoms with Crippen LogP contribution in [0, 0.1) is 5.92 Å². The number of rotatable bonds is 6. The Bertz CT molecular complexity index is 1250. The smallest absolute Gasteiger partial charge is 0.254 e. The zero-order valence-corrected chi connectivity index (χ0v) is 19.2. The number of nitrogens with one attached hydrogen (secondary N) is 1. The number of likely N-dealkylation sites (tertiary alicyclic amines) is 1. The van der Waals surface area contributed by atoms with Crippen LogP contribution in [0.15, 0.2) is 61.2 Å². The molecule has 2 aliphatic heterocycles. The third kappa shape index (κ3) is 4.01. The van der Waals surface area contributed by atoms with Gasteiger partial charge in [0.1, 0.15) is 28.6 Å². The number of primary amides is 1. The van der Waals surface area contributed by atoms with E-state index in [2.05, 4.69) is 11.9 Å². The van der Waals surface area contributed by atoms with Crippen LogP contribution in [0.1, 0.15) is 22.8 Å². The lowest BCUT2D eigenvalue weighted by atomic mass is 9.88. The van der Waals surface area contributed by atoms with Gasteiger partial charge in [-0.3, -0.25) is 9.59 Å². The Morgan fingerprint density at radius 3 is 2.38 bits per heavy atom. The number of anilines is 1. The molecule has 2 amide bonds. The predicted octanol–water partition coefficient (Wildman–Crippen LogP) is 4.10. The second kappa shape index (κ2) is 8.87. The van der Waals surface area contributed by atoms with Gasteiger partial charge >= 0.3 is 0 Å². The summed E-state index contributed by atoms with van der Waals surface area (Å²) in [6.45, 7) is 5.55. The van der Waals surface area contributed by atoms with E-state index in [-0.39, 0.29) is 17.9 Å². The number of nitrogens with zero attached hydrogens (tertiary/aromatic N) is 3. The highest BCUT2D eigenvalue weighted by atomic mass is 35.5. The molecule has 1 unspecified atom stereocenters. The molecule has 9 heteroatoms. The van der Waals surface area contributed by atoms with E-state index in [4.69, 9.17) is 27.2 Å². The molecule has 3 heterocycles. The van der Waals surface area contributed by atoms with Crippen molar-refractivity contribution in [3.63, 3.8) is 0 Å². The molecule has 1 fully saturated rings. The summed E-state index contributed by atoms with van der Waals surface area (Å²) < 4.78 is 7.74. The minimum absolute atomic E-state index is 0.0645. The normalized spacial score (nSPS) is 17.3. The summed E-state index contributed by atoms with van der Waals surface area (Å²) in [5.41, 5.74) is 7.44. The lowest BCUT2D eigenvalue weighted by Crippen LogP contribution is -2.53. The quantitative estimate of drug-likeness (QED) is 0.520. The van der Waals surface area contributed by atoms with Crippen LogP contribution in [0.5, 0.6) is 11.5 Å². The fourth-order valence-corrected chi connectivity index (χ4v) is 4.69. The largest absolute Gasteiger partial charge is 0.457 e. The topological polar surface area (TPSA) is 102 Å². The Morgan fingerprint density at radius 1 is 1.12 bits per heavy atom. The molecular formula is C25H24ClN5O3. The van der Waals surface area contributed by atoms with Gasteiger partial charge in [0.25, 0.3) is 5.91 Å². The summed E-state index contributed by atoms with van der Waals surface area (Å²) in [6.07, 6.45) is 2.18. The first kappa shape index (κ1) is 22.0. The standard InChI is InChI=1S/C25H24ClN5O3/c1-2-21(32)30-13-16(14-30)20-11-12-28-25-22(24(27)33)23(29-31(20)25)15-3-7-18(8-4-15)34-19-9-5-17(26)6-10-19/h2-10,16,20,28H,1,11-14H2,(H2,27,33). The Kier molecular flexibility index (Phi) is 5.75. The summed E-state index contributed by atoms with van der Waals surface area (Å²) in [5.74, 6) is 1.60. The van der Waals surface area contributed by atoms with E-state index in [1.165, 1.54) is 6.08 Å². The van der Waals surface area contributed by atoms with Crippen LogP contribution in [0.25, 0.3) is 11.3 Å². The third-order valence-corrected chi connectivity index (χ3v) is 6.57. The number of ether oxygens (including phenoxy) is 1. The van der Waals surface area contributed by atoms with Crippen molar-refractivity contribution in [2.45, 2.75) is 12.5 Å². The molecule has 0 spiro atoms. The summed E-state index contributed by atoms with van der Waals surface area (Å²) >= 11 is 5.93. The summed E-state index contributed by atoms with van der Waals surface area (Å²) in [6, 6.07) is 14.5. The molecule has 2 aromatic carbocycles. The minimum Gasteiger partial charge on any atom is -0.457 e. The number of halogens is 1. The van der Waals surface area contributed by atoms with Crippen LogP contribution in [0.3, 0.4) is 0 Å². The van der Waals surface area contributed by atoms with Crippen molar-refractivity contribution in [1.82, 2.24) is 14.7 Å². The maximum absolute atomic E-state index is 12.4. The Labute approximate surface area is 201 Å². The molecule has 1 saturated heterocycles. The molecule has 0 aliphatic carbocycles. The molecule has 1 atom stereocenters. The molecule has 2 aliphatic rings. The number of nitrogens with two attached hydrogens (primary N) is 1. The Balaban J connectivity index is 1.42. The van der Waals surface area contributed by atoms with Gasteiger partial charge in [0.05, 0.1) is 6.04 Å². The number of fused-ring (bicyclic) bond motifs is 1. The molecular weight excluding hydrogens is 454 g/mol. The maximum Gasteiger partial charge on any atom is 0.254 e. The van der Waals surface area contributed by atoms with Crippen molar-refractivity contribution < 1.29 is 14.3 Å². The van der Waals surface area contributed by atoms with Crippen LogP contribution in [0.2, 0.25) is 5.02 Å². The fraction of sp³-hybridized carbons (Fsp3) is 0.240. The van der Waals surface area contributed by atoms with Gasteiger partial charge in [0, 0.05) is 36.1 Å². The maximum atomic E-state index is 12.4. The number of aromatic nitrogens is 2. The molecule has 3 aromatic rings. The summed E-state index contributed by atoms with van der Waals surface area (Å²) in [5, 5.41) is 8.75. The van der Waals surface area contributed by atoms with Gasteiger partial charge in [-0.2, -0.15) is 5.10 Å². The van der Waals surface area contributed by atoms with E-state index in [1.807, 2.05) is 28.9 Å². The molecule has 34 heavy (non-hydrogen) atoms. The van der Waals surface area contributed by atoms with Gasteiger partial charge in [-0.05, 0) is 61.0 Å². The Hall–Kier alpha value is -3.78. The molecule has 174 valence electrons. The van der Waals surface area contributed by atoms with E-state index in [0.717, 1.165) is 12.0 Å². The zero-order valence-electron chi connectivity index (χ0n) is 18.4. The van der Waals surface area contributed by atoms with Crippen molar-refractivity contribution in [2.24, 2.45) is 11.7 Å². The first-order chi connectivity index (χ1) is 16.4. The number of hydrogen-bond donors (Lipinski definition) is 2. The highest BCUT2D eigenvalue weighted by Gasteiger charge is 2.40. The van der Waals surface area contributed by atoms with E-state index in [0.29, 0.717) is 53.2 Å². The van der Waals surface area contributed by atoms with Gasteiger partial charge in [-0.15, -0.1) is 0 Å². The van der Waals surface area contributed by atoms with Crippen LogP contribution >= 0.6 is 11.6 Å². The van der Waals surface area contributed by atoms with E-state index >= 15 is 0 Å². The molecule has 0 saturated carbocycles. The summed E-state index contributed by atoms with van der Waals surface area (Å²) in [4.78, 5) is 26.0. The molecule has 8 nitrogen and oxygen atoms in total. The number of amides is 2. The molecule has 1 aromatic heterocycles. The van der Waals surface area contributed by atoms with Crippen molar-refractivity contribution in [3.8, 4) is 22.8 Å². The molecule has 0 bridgehead atoms. The van der Waals surface area contributed by atoms with Crippen molar-refractivity contribution >= 4 is 29.2 Å². The van der Waals surface area contributed by atoms with Gasteiger partial charge in [0.2, 0.25) is 5.91 Å². The van der Waals surface area contributed by atoms with Gasteiger partial charge in [-0.1, -0.05) is 18.2 Å². The first-order valence-corrected chi connectivity index (χ1v) is 11.4. The number of hydrogen-bond acceptors (Lipinski definition) is 5. The second-order valence-electron chi connectivity index (χ2n) is 8.45. The van der Waals surface area contributed by atoms with Crippen LogP contribution in [-0.2, 0) is 4.79 Å². The predicted molar refractivity (Wildman–Crippen MR) is 130 cm³/mol. The Morgan fingerprint density at radius 2 is 1.76 bits per heavy atom. The SMILES string of the molecule is C=CC(=O)N1CC(C2CCNc3c(C(N)=O)c(-c4ccc(Oc5ccc(Cl)cc5)cc4)nn32)C1. The van der Waals surface area contributed by atoms with E-state index in [9.17, 15) is 9.59 Å². The van der Waals surface area contributed by atoms with Gasteiger partial charge < -0.3 is 20.7 Å². The van der Waals surface area contributed by atoms with E-state index in [1.54, 1.807) is 29.2 Å². The van der Waals surface area contributed by atoms with E-state index < -0.39 is 5.91 Å². The second-order valence-corrected chi connectivity index (χ2v) is 8.89. The minimum atomic E-state index is -0.539. The van der Waals surface area contributed by atoms with Gasteiger partial charge in [0.15, 0.2) is 0 Å². The van der Waals surface area contributed by atoms with Crippen LogP contribution in [0.4, 0.5) is 5.82 Å². The average molecular weight is 478 g/mol. The monoisotopic (exact) mass is 477 g/mol. The zero-order chi connectivity index (χ0) is 23.8. The number of carbonyl (C=O) groups excluding carboxylic acids is 2. The van der Waals surface area contributed by atoms with Crippen molar-refractivity contribution in [1.29, 1.82) is 0 Å². The average Bonchev–Trinajstić information content (AvgIpc) is 3.20. The van der Waals surface area contributed by atoms with Crippen molar-refractivity contribution in [3.05, 3.63) is 71.8 Å². The van der Waals surface area contributed by atoms with Crippen LogP contribution < -0.4 is 15.8 Å². The lowest BCUT2D eigenvalue weighted by Gasteiger charge is -2.44. The van der Waals surface area contributed by atoms with Gasteiger partial charge in [-0.25, -0.2) is 4.68 Å². The van der Waals surface area contributed by atoms with Crippen molar-refractivity contribution in [2.75, 3.05) is 25.0 Å². The first-order valence-electron chi connectivity index (χ1n) is 11.1. The highest BCUT2D eigenvalue weighted by Crippen LogP contribution is 2.40. The molecule has 3 N–H and O–H groups in total. The highest BCUT2D eigenvalue weighted by molar-refractivity contribution is 6.30. The summed E-state index contributed by atoms with van der Waals surface area (Å²) in [7, 11) is 0. The fourth-order valence-electron chi connectivity index (χ4n) is 4.56. The molecule has 0 radical (unpaired) electrons. The lowest BCUT2D eigenvalue weighted by molar-refractivity contribution is -0.133.